The second kappa shape index (κ2) is 9.85. The zero-order valence-electron chi connectivity index (χ0n) is 18.7. The summed E-state index contributed by atoms with van der Waals surface area (Å²) < 4.78 is 5.48. The SMILES string of the molecule is COc1ccc(C(=O)Nc2ccc(-c3ccc4c(c3)COO4)cc2)cc1CCCN(C)C. The quantitative estimate of drug-likeness (QED) is 0.512. The van der Waals surface area contributed by atoms with E-state index in [9.17, 15) is 4.79 Å². The number of carbonyl (C=O) groups excluding carboxylic acids is 1. The van der Waals surface area contributed by atoms with Crippen molar-refractivity contribution >= 4 is 11.6 Å². The summed E-state index contributed by atoms with van der Waals surface area (Å²) in [5.41, 5.74) is 5.58. The van der Waals surface area contributed by atoms with Gasteiger partial charge >= 0.3 is 0 Å². The minimum Gasteiger partial charge on any atom is -0.496 e. The highest BCUT2D eigenvalue weighted by molar-refractivity contribution is 6.04. The van der Waals surface area contributed by atoms with Gasteiger partial charge in [-0.15, -0.1) is 0 Å². The summed E-state index contributed by atoms with van der Waals surface area (Å²) in [7, 11) is 5.77. The zero-order chi connectivity index (χ0) is 22.5. The van der Waals surface area contributed by atoms with Gasteiger partial charge in [0, 0.05) is 16.8 Å². The van der Waals surface area contributed by atoms with Gasteiger partial charge in [-0.25, -0.2) is 0 Å². The van der Waals surface area contributed by atoms with E-state index >= 15 is 0 Å². The molecule has 0 bridgehead atoms. The van der Waals surface area contributed by atoms with Crippen molar-refractivity contribution in [2.45, 2.75) is 19.4 Å². The van der Waals surface area contributed by atoms with Gasteiger partial charge in [-0.2, -0.15) is 4.89 Å². The lowest BCUT2D eigenvalue weighted by Crippen LogP contribution is -2.14. The van der Waals surface area contributed by atoms with Gasteiger partial charge in [0.15, 0.2) is 5.75 Å². The maximum Gasteiger partial charge on any atom is 0.255 e. The first-order valence-corrected chi connectivity index (χ1v) is 10.7. The molecule has 1 amide bonds. The first-order chi connectivity index (χ1) is 15.5. The third kappa shape index (κ3) is 5.10. The Labute approximate surface area is 188 Å². The molecule has 0 saturated heterocycles. The Hall–Kier alpha value is -3.35. The van der Waals surface area contributed by atoms with E-state index in [0.29, 0.717) is 12.2 Å². The molecule has 32 heavy (non-hydrogen) atoms. The number of amides is 1. The molecule has 0 spiro atoms. The third-order valence-electron chi connectivity index (χ3n) is 5.49. The molecule has 1 aliphatic heterocycles. The van der Waals surface area contributed by atoms with Crippen molar-refractivity contribution in [3.8, 4) is 22.6 Å². The van der Waals surface area contributed by atoms with Crippen molar-refractivity contribution in [3.05, 3.63) is 77.4 Å². The number of nitrogens with one attached hydrogen (secondary N) is 1. The van der Waals surface area contributed by atoms with E-state index in [4.69, 9.17) is 14.5 Å². The number of hydrogen-bond acceptors (Lipinski definition) is 5. The fourth-order valence-electron chi connectivity index (χ4n) is 3.76. The number of fused-ring (bicyclic) bond motifs is 1. The average molecular weight is 433 g/mol. The van der Waals surface area contributed by atoms with E-state index in [2.05, 4.69) is 30.4 Å². The average Bonchev–Trinajstić information content (AvgIpc) is 3.27. The summed E-state index contributed by atoms with van der Waals surface area (Å²) in [4.78, 5) is 25.1. The van der Waals surface area contributed by atoms with Crippen LogP contribution in [0.15, 0.2) is 60.7 Å². The first kappa shape index (κ1) is 21.9. The molecule has 6 heteroatoms. The van der Waals surface area contributed by atoms with Crippen LogP contribution in [-0.4, -0.2) is 38.6 Å². The van der Waals surface area contributed by atoms with Crippen molar-refractivity contribution in [1.29, 1.82) is 0 Å². The fraction of sp³-hybridized carbons (Fsp3) is 0.269. The molecule has 0 atom stereocenters. The molecule has 3 aromatic carbocycles. The van der Waals surface area contributed by atoms with Crippen molar-refractivity contribution in [1.82, 2.24) is 4.90 Å². The molecule has 0 unspecified atom stereocenters. The molecular weight excluding hydrogens is 404 g/mol. The Morgan fingerprint density at radius 2 is 1.81 bits per heavy atom. The molecule has 1 aliphatic rings. The van der Waals surface area contributed by atoms with E-state index < -0.39 is 0 Å². The highest BCUT2D eigenvalue weighted by Crippen LogP contribution is 2.31. The molecule has 1 N–H and O–H groups in total. The van der Waals surface area contributed by atoms with Gasteiger partial charge < -0.3 is 19.8 Å². The number of methoxy groups -OCH3 is 1. The lowest BCUT2D eigenvalue weighted by atomic mass is 10.0. The molecule has 3 aromatic rings. The van der Waals surface area contributed by atoms with Crippen molar-refractivity contribution in [2.24, 2.45) is 0 Å². The van der Waals surface area contributed by atoms with Crippen LogP contribution in [0.1, 0.15) is 27.9 Å². The highest BCUT2D eigenvalue weighted by atomic mass is 17.2. The summed E-state index contributed by atoms with van der Waals surface area (Å²) in [6.45, 7) is 1.44. The predicted molar refractivity (Wildman–Crippen MR) is 125 cm³/mol. The van der Waals surface area contributed by atoms with Gasteiger partial charge in [0.2, 0.25) is 0 Å². The maximum absolute atomic E-state index is 12.8. The van der Waals surface area contributed by atoms with Crippen LogP contribution in [0.3, 0.4) is 0 Å². The standard InChI is InChI=1S/C26H28N2O4/c1-28(2)14-4-5-20-16-21(9-12-24(20)30-3)26(29)27-23-10-6-18(7-11-23)19-8-13-25-22(15-19)17-31-32-25/h6-13,15-16H,4-5,14,17H2,1-3H3,(H,27,29). The van der Waals surface area contributed by atoms with Crippen LogP contribution in [0.25, 0.3) is 11.1 Å². The minimum absolute atomic E-state index is 0.138. The number of rotatable bonds is 8. The lowest BCUT2D eigenvalue weighted by molar-refractivity contribution is -0.194. The van der Waals surface area contributed by atoms with E-state index in [1.807, 2.05) is 48.5 Å². The molecule has 0 fully saturated rings. The molecule has 6 nitrogen and oxygen atoms in total. The Bertz CT molecular complexity index is 1090. The minimum atomic E-state index is -0.138. The Kier molecular flexibility index (Phi) is 6.73. The molecular formula is C26H28N2O4. The number of carbonyl (C=O) groups is 1. The van der Waals surface area contributed by atoms with E-state index in [1.54, 1.807) is 13.2 Å². The Morgan fingerprint density at radius 1 is 1.03 bits per heavy atom. The number of ether oxygens (including phenoxy) is 1. The molecule has 0 aliphatic carbocycles. The van der Waals surface area contributed by atoms with Crippen LogP contribution in [0, 0.1) is 0 Å². The number of aryl methyl sites for hydroxylation is 1. The molecule has 1 heterocycles. The van der Waals surface area contributed by atoms with Gasteiger partial charge in [0.25, 0.3) is 5.91 Å². The smallest absolute Gasteiger partial charge is 0.255 e. The molecule has 0 saturated carbocycles. The molecule has 166 valence electrons. The number of benzene rings is 3. The molecule has 0 radical (unpaired) electrons. The van der Waals surface area contributed by atoms with Crippen molar-refractivity contribution in [3.63, 3.8) is 0 Å². The predicted octanol–water partition coefficient (Wildman–Crippen LogP) is 4.93. The lowest BCUT2D eigenvalue weighted by Gasteiger charge is -2.13. The monoisotopic (exact) mass is 432 g/mol. The van der Waals surface area contributed by atoms with Crippen LogP contribution in [0.4, 0.5) is 5.69 Å². The van der Waals surface area contributed by atoms with Gasteiger partial charge in [-0.05, 0) is 92.6 Å². The van der Waals surface area contributed by atoms with Crippen molar-refractivity contribution in [2.75, 3.05) is 33.1 Å². The van der Waals surface area contributed by atoms with E-state index in [-0.39, 0.29) is 5.91 Å². The molecule has 4 rings (SSSR count). The van der Waals surface area contributed by atoms with Gasteiger partial charge in [-0.3, -0.25) is 4.79 Å². The van der Waals surface area contributed by atoms with Crippen LogP contribution < -0.4 is 14.9 Å². The number of hydrogen-bond donors (Lipinski definition) is 1. The second-order valence-corrected chi connectivity index (χ2v) is 8.13. The zero-order valence-corrected chi connectivity index (χ0v) is 18.7. The summed E-state index contributed by atoms with van der Waals surface area (Å²) in [5, 5.41) is 2.99. The van der Waals surface area contributed by atoms with Crippen LogP contribution in [-0.2, 0) is 17.9 Å². The fourth-order valence-corrected chi connectivity index (χ4v) is 3.76. The second-order valence-electron chi connectivity index (χ2n) is 8.13. The van der Waals surface area contributed by atoms with Gasteiger partial charge in [0.1, 0.15) is 12.4 Å². The largest absolute Gasteiger partial charge is 0.496 e. The molecule has 0 aromatic heterocycles. The summed E-state index contributed by atoms with van der Waals surface area (Å²) >= 11 is 0. The maximum atomic E-state index is 12.8. The highest BCUT2D eigenvalue weighted by Gasteiger charge is 2.15. The van der Waals surface area contributed by atoms with Crippen LogP contribution in [0.5, 0.6) is 11.5 Å². The van der Waals surface area contributed by atoms with Gasteiger partial charge in [-0.1, -0.05) is 18.2 Å². The summed E-state index contributed by atoms with van der Waals surface area (Å²) in [6, 6.07) is 19.4. The van der Waals surface area contributed by atoms with Crippen LogP contribution >= 0.6 is 0 Å². The van der Waals surface area contributed by atoms with E-state index in [0.717, 1.165) is 58.8 Å². The summed E-state index contributed by atoms with van der Waals surface area (Å²) in [6.07, 6.45) is 1.85. The third-order valence-corrected chi connectivity index (χ3v) is 5.49. The van der Waals surface area contributed by atoms with Crippen molar-refractivity contribution < 1.29 is 19.3 Å². The Morgan fingerprint density at radius 3 is 2.56 bits per heavy atom. The summed E-state index contributed by atoms with van der Waals surface area (Å²) in [5.74, 6) is 1.44. The normalized spacial score (nSPS) is 12.4. The van der Waals surface area contributed by atoms with E-state index in [1.165, 1.54) is 0 Å². The Balaban J connectivity index is 1.44. The van der Waals surface area contributed by atoms with Crippen LogP contribution in [0.2, 0.25) is 0 Å². The number of nitrogens with zero attached hydrogens (tertiary/aromatic N) is 1. The first-order valence-electron chi connectivity index (χ1n) is 10.7. The topological polar surface area (TPSA) is 60.0 Å². The van der Waals surface area contributed by atoms with Gasteiger partial charge in [0.05, 0.1) is 7.11 Å². The number of anilines is 1.